The van der Waals surface area contributed by atoms with E-state index in [-0.39, 0.29) is 5.91 Å². The molecule has 0 aliphatic carbocycles. The van der Waals surface area contributed by atoms with E-state index < -0.39 is 0 Å². The van der Waals surface area contributed by atoms with Crippen LogP contribution in [0.3, 0.4) is 0 Å². The summed E-state index contributed by atoms with van der Waals surface area (Å²) in [5.41, 5.74) is 7.35. The van der Waals surface area contributed by atoms with E-state index in [1.54, 1.807) is 36.4 Å². The van der Waals surface area contributed by atoms with Gasteiger partial charge in [-0.15, -0.1) is 0 Å². The summed E-state index contributed by atoms with van der Waals surface area (Å²) in [6.45, 7) is 1.04. The normalized spacial score (nSPS) is 12.8. The lowest BCUT2D eigenvalue weighted by molar-refractivity contribution is 0.102. The van der Waals surface area contributed by atoms with Crippen molar-refractivity contribution in [3.8, 4) is 11.5 Å². The third-order valence-corrected chi connectivity index (χ3v) is 3.79. The van der Waals surface area contributed by atoms with Crippen LogP contribution in [-0.2, 0) is 0 Å². The second kappa shape index (κ2) is 5.65. The SMILES string of the molecule is Nc1c(Br)cccc1C(=O)Nc1ccc2c(c1)OCCO2. The van der Waals surface area contributed by atoms with Crippen LogP contribution in [0, 0.1) is 0 Å². The molecule has 0 radical (unpaired) electrons. The van der Waals surface area contributed by atoms with Crippen LogP contribution in [0.4, 0.5) is 11.4 Å². The first kappa shape index (κ1) is 13.8. The first-order chi connectivity index (χ1) is 10.1. The highest BCUT2D eigenvalue weighted by Crippen LogP contribution is 2.33. The van der Waals surface area contributed by atoms with Gasteiger partial charge in [0.25, 0.3) is 5.91 Å². The first-order valence-electron chi connectivity index (χ1n) is 6.40. The molecule has 5 nitrogen and oxygen atoms in total. The minimum Gasteiger partial charge on any atom is -0.486 e. The van der Waals surface area contributed by atoms with Crippen molar-refractivity contribution in [1.29, 1.82) is 0 Å². The lowest BCUT2D eigenvalue weighted by Gasteiger charge is -2.19. The number of nitrogens with one attached hydrogen (secondary N) is 1. The molecule has 0 bridgehead atoms. The highest BCUT2D eigenvalue weighted by Gasteiger charge is 2.15. The summed E-state index contributed by atoms with van der Waals surface area (Å²) in [6.07, 6.45) is 0. The summed E-state index contributed by atoms with van der Waals surface area (Å²) >= 11 is 3.31. The Hall–Kier alpha value is -2.21. The van der Waals surface area contributed by atoms with Gasteiger partial charge in [0.05, 0.1) is 11.3 Å². The summed E-state index contributed by atoms with van der Waals surface area (Å²) in [5.74, 6) is 1.04. The topological polar surface area (TPSA) is 73.6 Å². The number of rotatable bonds is 2. The van der Waals surface area contributed by atoms with Gasteiger partial charge in [-0.05, 0) is 40.2 Å². The molecule has 2 aromatic carbocycles. The number of amides is 1. The van der Waals surface area contributed by atoms with E-state index in [0.717, 1.165) is 0 Å². The monoisotopic (exact) mass is 348 g/mol. The van der Waals surface area contributed by atoms with Crippen molar-refractivity contribution in [3.05, 3.63) is 46.4 Å². The average molecular weight is 349 g/mol. The molecule has 0 aromatic heterocycles. The molecule has 2 aromatic rings. The van der Waals surface area contributed by atoms with Crippen LogP contribution in [0.15, 0.2) is 40.9 Å². The molecule has 1 aliphatic rings. The van der Waals surface area contributed by atoms with Crippen molar-refractivity contribution in [3.63, 3.8) is 0 Å². The molecular formula is C15H13BrN2O3. The van der Waals surface area contributed by atoms with E-state index in [1.807, 2.05) is 0 Å². The van der Waals surface area contributed by atoms with Crippen LogP contribution in [0.25, 0.3) is 0 Å². The number of benzene rings is 2. The number of halogens is 1. The molecule has 3 rings (SSSR count). The van der Waals surface area contributed by atoms with Gasteiger partial charge in [-0.3, -0.25) is 4.79 Å². The Labute approximate surface area is 130 Å². The molecule has 0 saturated carbocycles. The Morgan fingerprint density at radius 2 is 1.90 bits per heavy atom. The van der Waals surface area contributed by atoms with Crippen molar-refractivity contribution in [1.82, 2.24) is 0 Å². The molecule has 21 heavy (non-hydrogen) atoms. The van der Waals surface area contributed by atoms with Gasteiger partial charge in [0.2, 0.25) is 0 Å². The maximum Gasteiger partial charge on any atom is 0.257 e. The van der Waals surface area contributed by atoms with Crippen molar-refractivity contribution >= 4 is 33.2 Å². The van der Waals surface area contributed by atoms with E-state index in [4.69, 9.17) is 15.2 Å². The van der Waals surface area contributed by atoms with Crippen LogP contribution < -0.4 is 20.5 Å². The van der Waals surface area contributed by atoms with Gasteiger partial charge in [-0.1, -0.05) is 6.07 Å². The number of anilines is 2. The summed E-state index contributed by atoms with van der Waals surface area (Å²) in [7, 11) is 0. The minimum absolute atomic E-state index is 0.273. The third kappa shape index (κ3) is 2.80. The van der Waals surface area contributed by atoms with Gasteiger partial charge in [-0.25, -0.2) is 0 Å². The van der Waals surface area contributed by atoms with Gasteiger partial charge in [-0.2, -0.15) is 0 Å². The number of para-hydroxylation sites is 1. The van der Waals surface area contributed by atoms with Crippen molar-refractivity contribution in [2.45, 2.75) is 0 Å². The Balaban J connectivity index is 1.83. The zero-order valence-corrected chi connectivity index (χ0v) is 12.6. The molecule has 3 N–H and O–H groups in total. The number of nitrogens with two attached hydrogens (primary N) is 1. The number of carbonyl (C=O) groups excluding carboxylic acids is 1. The van der Waals surface area contributed by atoms with Gasteiger partial charge < -0.3 is 20.5 Å². The van der Waals surface area contributed by atoms with Crippen LogP contribution in [0.1, 0.15) is 10.4 Å². The van der Waals surface area contributed by atoms with Crippen molar-refractivity contribution in [2.75, 3.05) is 24.3 Å². The number of hydrogen-bond donors (Lipinski definition) is 2. The predicted molar refractivity (Wildman–Crippen MR) is 83.9 cm³/mol. The Kier molecular flexibility index (Phi) is 3.70. The summed E-state index contributed by atoms with van der Waals surface area (Å²) in [4.78, 5) is 12.3. The summed E-state index contributed by atoms with van der Waals surface area (Å²) < 4.78 is 11.6. The largest absolute Gasteiger partial charge is 0.486 e. The molecule has 6 heteroatoms. The lowest BCUT2D eigenvalue weighted by atomic mass is 10.1. The van der Waals surface area contributed by atoms with E-state index in [1.165, 1.54) is 0 Å². The highest BCUT2D eigenvalue weighted by atomic mass is 79.9. The number of nitrogen functional groups attached to an aromatic ring is 1. The molecule has 1 aliphatic heterocycles. The molecule has 1 amide bonds. The minimum atomic E-state index is -0.273. The number of ether oxygens (including phenoxy) is 2. The highest BCUT2D eigenvalue weighted by molar-refractivity contribution is 9.10. The predicted octanol–water partition coefficient (Wildman–Crippen LogP) is 3.05. The van der Waals surface area contributed by atoms with Crippen molar-refractivity contribution in [2.24, 2.45) is 0 Å². The van der Waals surface area contributed by atoms with Crippen LogP contribution in [0.2, 0.25) is 0 Å². The lowest BCUT2D eigenvalue weighted by Crippen LogP contribution is -2.17. The Morgan fingerprint density at radius 3 is 2.71 bits per heavy atom. The molecule has 1 heterocycles. The zero-order chi connectivity index (χ0) is 14.8. The molecule has 108 valence electrons. The molecule has 0 unspecified atom stereocenters. The van der Waals surface area contributed by atoms with E-state index >= 15 is 0 Å². The van der Waals surface area contributed by atoms with Gasteiger partial charge >= 0.3 is 0 Å². The molecule has 0 fully saturated rings. The fourth-order valence-electron chi connectivity index (χ4n) is 2.05. The van der Waals surface area contributed by atoms with Crippen LogP contribution in [-0.4, -0.2) is 19.1 Å². The summed E-state index contributed by atoms with van der Waals surface area (Å²) in [6, 6.07) is 10.5. The number of fused-ring (bicyclic) bond motifs is 1. The molecule has 0 saturated heterocycles. The summed E-state index contributed by atoms with van der Waals surface area (Å²) in [5, 5.41) is 2.80. The molecule has 0 spiro atoms. The first-order valence-corrected chi connectivity index (χ1v) is 7.19. The number of hydrogen-bond acceptors (Lipinski definition) is 4. The average Bonchev–Trinajstić information content (AvgIpc) is 2.50. The van der Waals surface area contributed by atoms with Gasteiger partial charge in [0.1, 0.15) is 13.2 Å². The van der Waals surface area contributed by atoms with Crippen LogP contribution >= 0.6 is 15.9 Å². The fourth-order valence-corrected chi connectivity index (χ4v) is 2.42. The maximum absolute atomic E-state index is 12.3. The van der Waals surface area contributed by atoms with Gasteiger partial charge in [0, 0.05) is 16.2 Å². The van der Waals surface area contributed by atoms with Gasteiger partial charge in [0.15, 0.2) is 11.5 Å². The second-order valence-corrected chi connectivity index (χ2v) is 5.37. The fraction of sp³-hybridized carbons (Fsp3) is 0.133. The van der Waals surface area contributed by atoms with E-state index in [2.05, 4.69) is 21.2 Å². The second-order valence-electron chi connectivity index (χ2n) is 4.51. The van der Waals surface area contributed by atoms with Crippen LogP contribution in [0.5, 0.6) is 11.5 Å². The van der Waals surface area contributed by atoms with E-state index in [0.29, 0.717) is 46.1 Å². The number of carbonyl (C=O) groups is 1. The molecule has 0 atom stereocenters. The van der Waals surface area contributed by atoms with Crippen molar-refractivity contribution < 1.29 is 14.3 Å². The Morgan fingerprint density at radius 1 is 1.14 bits per heavy atom. The van der Waals surface area contributed by atoms with E-state index in [9.17, 15) is 4.79 Å². The smallest absolute Gasteiger partial charge is 0.257 e. The third-order valence-electron chi connectivity index (χ3n) is 3.10. The zero-order valence-electron chi connectivity index (χ0n) is 11.1. The standard InChI is InChI=1S/C15H13BrN2O3/c16-11-3-1-2-10(14(11)17)15(19)18-9-4-5-12-13(8-9)21-7-6-20-12/h1-5,8H,6-7,17H2,(H,18,19). The maximum atomic E-state index is 12.3. The Bertz CT molecular complexity index is 703. The quantitative estimate of drug-likeness (QED) is 0.818. The molecular weight excluding hydrogens is 336 g/mol.